The fourth-order valence-corrected chi connectivity index (χ4v) is 3.25. The van der Waals surface area contributed by atoms with Crippen molar-refractivity contribution in [2.45, 2.75) is 50.7 Å². The number of nitrogens with two attached hydrogens (primary N) is 1. The van der Waals surface area contributed by atoms with Crippen molar-refractivity contribution in [3.63, 3.8) is 0 Å². The zero-order valence-corrected chi connectivity index (χ0v) is 10.4. The predicted molar refractivity (Wildman–Crippen MR) is 64.3 cm³/mol. The normalized spacial score (nSPS) is 31.5. The monoisotopic (exact) mass is 227 g/mol. The van der Waals surface area contributed by atoms with Crippen LogP contribution in [-0.2, 0) is 9.47 Å². The lowest BCUT2D eigenvalue weighted by atomic mass is 9.79. The molecule has 3 nitrogen and oxygen atoms in total. The third kappa shape index (κ3) is 2.76. The summed E-state index contributed by atoms with van der Waals surface area (Å²) < 4.78 is 11.1. The van der Waals surface area contributed by atoms with Crippen LogP contribution < -0.4 is 5.73 Å². The van der Waals surface area contributed by atoms with Crippen molar-refractivity contribution in [3.8, 4) is 0 Å². The Morgan fingerprint density at radius 1 is 1.12 bits per heavy atom. The van der Waals surface area contributed by atoms with E-state index in [-0.39, 0.29) is 12.1 Å². The SMILES string of the molecule is COC(C1CCCCC1)C(N)C1CCOC1. The first-order valence-electron chi connectivity index (χ1n) is 6.69. The van der Waals surface area contributed by atoms with Gasteiger partial charge in [-0.25, -0.2) is 0 Å². The van der Waals surface area contributed by atoms with Crippen LogP contribution in [0.1, 0.15) is 38.5 Å². The van der Waals surface area contributed by atoms with Gasteiger partial charge in [-0.3, -0.25) is 0 Å². The lowest BCUT2D eigenvalue weighted by Gasteiger charge is -2.35. The highest BCUT2D eigenvalue weighted by atomic mass is 16.5. The highest BCUT2D eigenvalue weighted by Crippen LogP contribution is 2.31. The molecule has 2 N–H and O–H groups in total. The Morgan fingerprint density at radius 2 is 1.88 bits per heavy atom. The van der Waals surface area contributed by atoms with Gasteiger partial charge in [0, 0.05) is 25.7 Å². The number of hydrogen-bond acceptors (Lipinski definition) is 3. The molecule has 0 amide bonds. The number of methoxy groups -OCH3 is 1. The summed E-state index contributed by atoms with van der Waals surface area (Å²) in [6.45, 7) is 1.70. The smallest absolute Gasteiger partial charge is 0.0753 e. The second-order valence-corrected chi connectivity index (χ2v) is 5.30. The van der Waals surface area contributed by atoms with Gasteiger partial charge in [0.05, 0.1) is 12.7 Å². The molecule has 1 aliphatic carbocycles. The van der Waals surface area contributed by atoms with Crippen LogP contribution in [0.3, 0.4) is 0 Å². The van der Waals surface area contributed by atoms with Crippen LogP contribution >= 0.6 is 0 Å². The Labute approximate surface area is 98.7 Å². The highest BCUT2D eigenvalue weighted by Gasteiger charge is 2.34. The fraction of sp³-hybridized carbons (Fsp3) is 1.00. The van der Waals surface area contributed by atoms with Crippen molar-refractivity contribution in [1.82, 2.24) is 0 Å². The molecular formula is C13H25NO2. The maximum absolute atomic E-state index is 6.36. The van der Waals surface area contributed by atoms with E-state index in [2.05, 4.69) is 0 Å². The van der Waals surface area contributed by atoms with E-state index >= 15 is 0 Å². The maximum atomic E-state index is 6.36. The summed E-state index contributed by atoms with van der Waals surface area (Å²) in [5.41, 5.74) is 6.36. The van der Waals surface area contributed by atoms with Crippen molar-refractivity contribution < 1.29 is 9.47 Å². The van der Waals surface area contributed by atoms with Crippen LogP contribution in [0, 0.1) is 11.8 Å². The first-order valence-corrected chi connectivity index (χ1v) is 6.69. The molecule has 1 heterocycles. The number of ether oxygens (including phenoxy) is 2. The lowest BCUT2D eigenvalue weighted by molar-refractivity contribution is 0.00205. The van der Waals surface area contributed by atoms with Gasteiger partial charge in [-0.05, 0) is 25.2 Å². The van der Waals surface area contributed by atoms with Gasteiger partial charge in [0.1, 0.15) is 0 Å². The summed E-state index contributed by atoms with van der Waals surface area (Å²) in [5, 5.41) is 0. The molecule has 3 heteroatoms. The fourth-order valence-electron chi connectivity index (χ4n) is 3.25. The molecular weight excluding hydrogens is 202 g/mol. The first kappa shape index (κ1) is 12.3. The van der Waals surface area contributed by atoms with E-state index in [0.717, 1.165) is 19.6 Å². The summed E-state index contributed by atoms with van der Waals surface area (Å²) >= 11 is 0. The zero-order chi connectivity index (χ0) is 11.4. The van der Waals surface area contributed by atoms with E-state index in [0.29, 0.717) is 11.8 Å². The van der Waals surface area contributed by atoms with Crippen LogP contribution in [0.5, 0.6) is 0 Å². The molecule has 94 valence electrons. The van der Waals surface area contributed by atoms with Gasteiger partial charge in [-0.2, -0.15) is 0 Å². The van der Waals surface area contributed by atoms with E-state index in [1.54, 1.807) is 0 Å². The molecule has 0 spiro atoms. The van der Waals surface area contributed by atoms with E-state index in [4.69, 9.17) is 15.2 Å². The van der Waals surface area contributed by atoms with Gasteiger partial charge in [-0.15, -0.1) is 0 Å². The molecule has 2 aliphatic rings. The molecule has 16 heavy (non-hydrogen) atoms. The Morgan fingerprint density at radius 3 is 2.44 bits per heavy atom. The van der Waals surface area contributed by atoms with Gasteiger partial charge in [0.25, 0.3) is 0 Å². The molecule has 0 bridgehead atoms. The van der Waals surface area contributed by atoms with Crippen molar-refractivity contribution in [2.75, 3.05) is 20.3 Å². The predicted octanol–water partition coefficient (Wildman–Crippen LogP) is 1.95. The molecule has 0 aromatic heterocycles. The second kappa shape index (κ2) is 5.99. The largest absolute Gasteiger partial charge is 0.381 e. The standard InChI is InChI=1S/C13H25NO2/c1-15-13(10-5-3-2-4-6-10)12(14)11-7-8-16-9-11/h10-13H,2-9,14H2,1H3. The van der Waals surface area contributed by atoms with Gasteiger partial charge < -0.3 is 15.2 Å². The molecule has 3 unspecified atom stereocenters. The zero-order valence-electron chi connectivity index (χ0n) is 10.4. The van der Waals surface area contributed by atoms with E-state index < -0.39 is 0 Å². The van der Waals surface area contributed by atoms with Crippen LogP contribution in [0.2, 0.25) is 0 Å². The summed E-state index contributed by atoms with van der Waals surface area (Å²) in [4.78, 5) is 0. The van der Waals surface area contributed by atoms with Crippen molar-refractivity contribution in [1.29, 1.82) is 0 Å². The third-order valence-electron chi connectivity index (χ3n) is 4.28. The Kier molecular flexibility index (Phi) is 4.62. The molecule has 0 aromatic rings. The van der Waals surface area contributed by atoms with E-state index in [1.807, 2.05) is 7.11 Å². The highest BCUT2D eigenvalue weighted by molar-refractivity contribution is 4.88. The molecule has 1 saturated carbocycles. The van der Waals surface area contributed by atoms with Crippen molar-refractivity contribution in [2.24, 2.45) is 17.6 Å². The lowest BCUT2D eigenvalue weighted by Crippen LogP contribution is -2.47. The number of hydrogen-bond donors (Lipinski definition) is 1. The Balaban J connectivity index is 1.91. The summed E-state index contributed by atoms with van der Waals surface area (Å²) in [6, 6.07) is 0.163. The average Bonchev–Trinajstić information content (AvgIpc) is 2.85. The quantitative estimate of drug-likeness (QED) is 0.798. The molecule has 2 fully saturated rings. The van der Waals surface area contributed by atoms with Gasteiger partial charge >= 0.3 is 0 Å². The molecule has 3 atom stereocenters. The van der Waals surface area contributed by atoms with Crippen LogP contribution in [0.25, 0.3) is 0 Å². The molecule has 0 aromatic carbocycles. The molecule has 1 saturated heterocycles. The topological polar surface area (TPSA) is 44.5 Å². The number of rotatable bonds is 4. The van der Waals surface area contributed by atoms with Crippen LogP contribution in [0.4, 0.5) is 0 Å². The first-order chi connectivity index (χ1) is 7.83. The molecule has 1 aliphatic heterocycles. The summed E-state index contributed by atoms with van der Waals surface area (Å²) in [5.74, 6) is 1.18. The molecule has 0 radical (unpaired) electrons. The van der Waals surface area contributed by atoms with Gasteiger partial charge in [-0.1, -0.05) is 19.3 Å². The van der Waals surface area contributed by atoms with E-state index in [1.165, 1.54) is 32.1 Å². The van der Waals surface area contributed by atoms with Crippen LogP contribution in [0.15, 0.2) is 0 Å². The van der Waals surface area contributed by atoms with E-state index in [9.17, 15) is 0 Å². The minimum absolute atomic E-state index is 0.163. The van der Waals surface area contributed by atoms with Gasteiger partial charge in [0.15, 0.2) is 0 Å². The third-order valence-corrected chi connectivity index (χ3v) is 4.28. The van der Waals surface area contributed by atoms with Crippen molar-refractivity contribution >= 4 is 0 Å². The Bertz CT molecular complexity index is 198. The molecule has 2 rings (SSSR count). The summed E-state index contributed by atoms with van der Waals surface area (Å²) in [7, 11) is 1.81. The van der Waals surface area contributed by atoms with Crippen molar-refractivity contribution in [3.05, 3.63) is 0 Å². The van der Waals surface area contributed by atoms with Gasteiger partial charge in [0.2, 0.25) is 0 Å². The maximum Gasteiger partial charge on any atom is 0.0753 e. The minimum atomic E-state index is 0.163. The second-order valence-electron chi connectivity index (χ2n) is 5.30. The average molecular weight is 227 g/mol. The summed E-state index contributed by atoms with van der Waals surface area (Å²) in [6.07, 6.45) is 8.01. The van der Waals surface area contributed by atoms with Crippen LogP contribution in [-0.4, -0.2) is 32.5 Å². The minimum Gasteiger partial charge on any atom is -0.381 e. The Hall–Kier alpha value is -0.120.